The summed E-state index contributed by atoms with van der Waals surface area (Å²) in [5.74, 6) is 1.90. The third-order valence-corrected chi connectivity index (χ3v) is 6.31. The van der Waals surface area contributed by atoms with Crippen LogP contribution in [-0.4, -0.2) is 24.7 Å². The highest BCUT2D eigenvalue weighted by atomic mass is 16.5. The van der Waals surface area contributed by atoms with Gasteiger partial charge in [-0.2, -0.15) is 0 Å². The molecule has 1 N–H and O–H groups in total. The molecule has 0 spiro atoms. The molecule has 33 heavy (non-hydrogen) atoms. The van der Waals surface area contributed by atoms with Crippen LogP contribution in [0.5, 0.6) is 11.5 Å². The highest BCUT2D eigenvalue weighted by Crippen LogP contribution is 2.43. The van der Waals surface area contributed by atoms with Gasteiger partial charge >= 0.3 is 5.63 Å². The number of hydrogen-bond acceptors (Lipinski definition) is 6. The minimum atomic E-state index is -0.501. The monoisotopic (exact) mass is 453 g/mol. The first-order valence-electron chi connectivity index (χ1n) is 11.4. The first kappa shape index (κ1) is 23.0. The van der Waals surface area contributed by atoms with Crippen LogP contribution < -0.4 is 20.4 Å². The van der Waals surface area contributed by atoms with Gasteiger partial charge in [0.25, 0.3) is 0 Å². The molecule has 4 rings (SSSR count). The van der Waals surface area contributed by atoms with Crippen molar-refractivity contribution >= 4 is 16.9 Å². The van der Waals surface area contributed by atoms with Crippen molar-refractivity contribution in [2.75, 3.05) is 7.11 Å². The molecule has 0 saturated heterocycles. The normalized spacial score (nSPS) is 15.5. The van der Waals surface area contributed by atoms with Gasteiger partial charge in [0, 0.05) is 24.1 Å². The number of amides is 1. The fraction of sp³-hybridized carbons (Fsp3) is 0.462. The fourth-order valence-electron chi connectivity index (χ4n) is 4.42. The van der Waals surface area contributed by atoms with Crippen molar-refractivity contribution < 1.29 is 23.1 Å². The fourth-order valence-corrected chi connectivity index (χ4v) is 4.42. The number of hydrogen-bond donors (Lipinski definition) is 1. The summed E-state index contributed by atoms with van der Waals surface area (Å²) in [6.07, 6.45) is 4.59. The van der Waals surface area contributed by atoms with Crippen LogP contribution in [0.4, 0.5) is 0 Å². The topological polar surface area (TPSA) is 90.9 Å². The Morgan fingerprint density at radius 3 is 2.82 bits per heavy atom. The lowest BCUT2D eigenvalue weighted by Crippen LogP contribution is -2.35. The van der Waals surface area contributed by atoms with Gasteiger partial charge in [0.1, 0.15) is 28.4 Å². The number of rotatable bonds is 7. The Labute approximate surface area is 193 Å². The number of furan rings is 1. The number of carbonyl (C=O) groups is 1. The van der Waals surface area contributed by atoms with Gasteiger partial charge in [-0.05, 0) is 64.7 Å². The first-order chi connectivity index (χ1) is 15.7. The Bertz CT molecular complexity index is 1220. The molecule has 176 valence electrons. The maximum atomic E-state index is 12.9. The number of benzene rings is 1. The van der Waals surface area contributed by atoms with Crippen molar-refractivity contribution in [1.82, 2.24) is 5.32 Å². The Kier molecular flexibility index (Phi) is 6.23. The van der Waals surface area contributed by atoms with Gasteiger partial charge in [-0.25, -0.2) is 4.79 Å². The van der Waals surface area contributed by atoms with Gasteiger partial charge in [-0.3, -0.25) is 4.79 Å². The first-order valence-corrected chi connectivity index (χ1v) is 11.4. The molecule has 2 aromatic heterocycles. The molecule has 0 unspecified atom stereocenters. The molecule has 0 saturated carbocycles. The molecule has 0 radical (unpaired) electrons. The van der Waals surface area contributed by atoms with Crippen LogP contribution in [0.2, 0.25) is 0 Å². The van der Waals surface area contributed by atoms with E-state index < -0.39 is 5.63 Å². The van der Waals surface area contributed by atoms with Gasteiger partial charge in [-0.15, -0.1) is 0 Å². The quantitative estimate of drug-likeness (QED) is 0.530. The summed E-state index contributed by atoms with van der Waals surface area (Å²) in [6.45, 7) is 7.84. The van der Waals surface area contributed by atoms with Gasteiger partial charge in [0.15, 0.2) is 0 Å². The van der Waals surface area contributed by atoms with Crippen LogP contribution in [0.15, 0.2) is 38.1 Å². The standard InChI is InChI=1S/C26H31NO6/c1-15(8-9-17-7-6-12-31-17)27-22(28)13-19-16(2)23-21(30-5)14-20-18(24(23)32-25(19)29)10-11-26(3,4)33-20/h6-7,12,14-15H,8-11,13H2,1-5H3,(H,27,28)/t15-/m0/s1. The summed E-state index contributed by atoms with van der Waals surface area (Å²) in [4.78, 5) is 25.6. The summed E-state index contributed by atoms with van der Waals surface area (Å²) < 4.78 is 22.9. The smallest absolute Gasteiger partial charge is 0.340 e. The lowest BCUT2D eigenvalue weighted by Gasteiger charge is -2.33. The Balaban J connectivity index is 1.59. The Hall–Kier alpha value is -3.22. The molecular formula is C26H31NO6. The van der Waals surface area contributed by atoms with E-state index in [1.54, 1.807) is 13.4 Å². The Morgan fingerprint density at radius 1 is 1.33 bits per heavy atom. The minimum absolute atomic E-state index is 0.0566. The van der Waals surface area contributed by atoms with Crippen LogP contribution >= 0.6 is 0 Å². The average Bonchev–Trinajstić information content (AvgIpc) is 3.27. The molecule has 1 atom stereocenters. The van der Waals surface area contributed by atoms with E-state index in [0.29, 0.717) is 33.6 Å². The van der Waals surface area contributed by atoms with Gasteiger partial charge < -0.3 is 23.6 Å². The molecule has 7 nitrogen and oxygen atoms in total. The molecule has 0 aliphatic carbocycles. The van der Waals surface area contributed by atoms with Crippen LogP contribution in [-0.2, 0) is 24.1 Å². The van der Waals surface area contributed by atoms with Crippen molar-refractivity contribution in [3.05, 3.63) is 57.3 Å². The highest BCUT2D eigenvalue weighted by Gasteiger charge is 2.31. The van der Waals surface area contributed by atoms with Crippen molar-refractivity contribution in [2.24, 2.45) is 0 Å². The molecule has 0 fully saturated rings. The molecule has 3 aromatic rings. The molecule has 7 heteroatoms. The molecular weight excluding hydrogens is 422 g/mol. The number of fused-ring (bicyclic) bond motifs is 3. The molecule has 3 heterocycles. The zero-order valence-corrected chi connectivity index (χ0v) is 19.9. The summed E-state index contributed by atoms with van der Waals surface area (Å²) in [6, 6.07) is 5.55. The van der Waals surface area contributed by atoms with E-state index in [1.807, 2.05) is 45.9 Å². The second kappa shape index (κ2) is 8.96. The zero-order chi connectivity index (χ0) is 23.8. The van der Waals surface area contributed by atoms with Crippen molar-refractivity contribution in [3.63, 3.8) is 0 Å². The van der Waals surface area contributed by atoms with Gasteiger partial charge in [-0.1, -0.05) is 0 Å². The van der Waals surface area contributed by atoms with Crippen LogP contribution in [0.3, 0.4) is 0 Å². The SMILES string of the molecule is COc1cc2c(c3oc(=O)c(CC(=O)N[C@@H](C)CCc4ccco4)c(C)c13)CCC(C)(C)O2. The summed E-state index contributed by atoms with van der Waals surface area (Å²) in [7, 11) is 1.58. The summed E-state index contributed by atoms with van der Waals surface area (Å²) in [5.41, 5.74) is 1.59. The largest absolute Gasteiger partial charge is 0.496 e. The highest BCUT2D eigenvalue weighted by molar-refractivity contribution is 5.93. The third-order valence-electron chi connectivity index (χ3n) is 6.31. The lowest BCUT2D eigenvalue weighted by molar-refractivity contribution is -0.121. The minimum Gasteiger partial charge on any atom is -0.496 e. The van der Waals surface area contributed by atoms with Crippen LogP contribution in [0, 0.1) is 6.92 Å². The maximum Gasteiger partial charge on any atom is 0.340 e. The summed E-state index contributed by atoms with van der Waals surface area (Å²) >= 11 is 0. The number of ether oxygens (including phenoxy) is 2. The van der Waals surface area contributed by atoms with Crippen molar-refractivity contribution in [1.29, 1.82) is 0 Å². The third kappa shape index (κ3) is 4.77. The molecule has 1 aliphatic heterocycles. The maximum absolute atomic E-state index is 12.9. The lowest BCUT2D eigenvalue weighted by atomic mass is 9.91. The molecule has 1 aliphatic rings. The van der Waals surface area contributed by atoms with Crippen molar-refractivity contribution in [2.45, 2.75) is 71.4 Å². The second-order valence-electron chi connectivity index (χ2n) is 9.38. The summed E-state index contributed by atoms with van der Waals surface area (Å²) in [5, 5.41) is 3.68. The van der Waals surface area contributed by atoms with E-state index in [1.165, 1.54) is 0 Å². The van der Waals surface area contributed by atoms with E-state index in [0.717, 1.165) is 37.0 Å². The number of aryl methyl sites for hydroxylation is 3. The van der Waals surface area contributed by atoms with E-state index in [4.69, 9.17) is 18.3 Å². The average molecular weight is 454 g/mol. The number of nitrogens with one attached hydrogen (secondary N) is 1. The molecule has 1 aromatic carbocycles. The predicted molar refractivity (Wildman–Crippen MR) is 125 cm³/mol. The van der Waals surface area contributed by atoms with E-state index in [-0.39, 0.29) is 24.0 Å². The second-order valence-corrected chi connectivity index (χ2v) is 9.38. The number of carbonyl (C=O) groups excluding carboxylic acids is 1. The van der Waals surface area contributed by atoms with Crippen LogP contribution in [0.25, 0.3) is 11.0 Å². The van der Waals surface area contributed by atoms with E-state index in [2.05, 4.69) is 5.32 Å². The van der Waals surface area contributed by atoms with E-state index >= 15 is 0 Å². The van der Waals surface area contributed by atoms with E-state index in [9.17, 15) is 9.59 Å². The van der Waals surface area contributed by atoms with Crippen molar-refractivity contribution in [3.8, 4) is 11.5 Å². The molecule has 0 bridgehead atoms. The van der Waals surface area contributed by atoms with Gasteiger partial charge in [0.05, 0.1) is 30.7 Å². The van der Waals surface area contributed by atoms with Gasteiger partial charge in [0.2, 0.25) is 5.91 Å². The predicted octanol–water partition coefficient (Wildman–Crippen LogP) is 4.49. The molecule has 1 amide bonds. The van der Waals surface area contributed by atoms with Crippen LogP contribution in [0.1, 0.15) is 56.1 Å². The zero-order valence-electron chi connectivity index (χ0n) is 19.9. The Morgan fingerprint density at radius 2 is 2.12 bits per heavy atom. The number of methoxy groups -OCH3 is 1.